The van der Waals surface area contributed by atoms with Crippen LogP contribution in [0.15, 0.2) is 29.5 Å². The molecular weight excluding hydrogens is 266 g/mol. The van der Waals surface area contributed by atoms with E-state index in [1.165, 1.54) is 4.68 Å². The first-order chi connectivity index (χ1) is 9.09. The second kappa shape index (κ2) is 5.88. The van der Waals surface area contributed by atoms with Gasteiger partial charge in [-0.25, -0.2) is 4.68 Å². The van der Waals surface area contributed by atoms with Gasteiger partial charge >= 0.3 is 0 Å². The van der Waals surface area contributed by atoms with Crippen molar-refractivity contribution in [3.63, 3.8) is 0 Å². The molecule has 0 saturated heterocycles. The Balaban J connectivity index is 2.05. The predicted octanol–water partition coefficient (Wildman–Crippen LogP) is 1.79. The van der Waals surface area contributed by atoms with Crippen LogP contribution in [0, 0.1) is 0 Å². The van der Waals surface area contributed by atoms with Crippen molar-refractivity contribution in [1.82, 2.24) is 19.6 Å². The molecule has 0 aromatic carbocycles. The van der Waals surface area contributed by atoms with Gasteiger partial charge in [-0.05, 0) is 19.9 Å². The molecule has 102 valence electrons. The zero-order valence-corrected chi connectivity index (χ0v) is 11.6. The van der Waals surface area contributed by atoms with Gasteiger partial charge < -0.3 is 5.32 Å². The average Bonchev–Trinajstić information content (AvgIpc) is 2.87. The molecule has 1 N–H and O–H groups in total. The summed E-state index contributed by atoms with van der Waals surface area (Å²) < 4.78 is 3.16. The number of nitrogens with zero attached hydrogens (tertiary/aromatic N) is 4. The number of aromatic nitrogens is 4. The van der Waals surface area contributed by atoms with Crippen molar-refractivity contribution >= 4 is 17.3 Å². The summed E-state index contributed by atoms with van der Waals surface area (Å²) in [5.41, 5.74) is 0.275. The number of hydrogen-bond acceptors (Lipinski definition) is 4. The first-order valence-electron chi connectivity index (χ1n) is 6.08. The minimum Gasteiger partial charge on any atom is -0.381 e. The minimum atomic E-state index is -0.277. The Kier molecular flexibility index (Phi) is 4.21. The monoisotopic (exact) mass is 281 g/mol. The van der Waals surface area contributed by atoms with Crippen molar-refractivity contribution < 1.29 is 0 Å². The Morgan fingerprint density at radius 1 is 1.42 bits per heavy atom. The first-order valence-corrected chi connectivity index (χ1v) is 6.46. The molecule has 0 bridgehead atoms. The van der Waals surface area contributed by atoms with Crippen LogP contribution < -0.4 is 10.9 Å². The summed E-state index contributed by atoms with van der Waals surface area (Å²) in [6, 6.07) is 1.85. The number of nitrogens with one attached hydrogen (secondary N) is 1. The Morgan fingerprint density at radius 3 is 2.84 bits per heavy atom. The third-order valence-electron chi connectivity index (χ3n) is 2.65. The zero-order chi connectivity index (χ0) is 13.8. The number of halogens is 1. The zero-order valence-electron chi connectivity index (χ0n) is 10.9. The SMILES string of the molecule is CC(C)n1ncc(NCCn2cccn2)c(Cl)c1=O. The van der Waals surface area contributed by atoms with Crippen LogP contribution in [0.25, 0.3) is 0 Å². The molecular formula is C12H16ClN5O. The standard InChI is InChI=1S/C12H16ClN5O/c1-9(2)18-12(19)11(13)10(8-16-18)14-5-7-17-6-3-4-15-17/h3-4,6,8-9,14H,5,7H2,1-2H3. The Morgan fingerprint density at radius 2 is 2.21 bits per heavy atom. The van der Waals surface area contributed by atoms with Crippen molar-refractivity contribution in [1.29, 1.82) is 0 Å². The summed E-state index contributed by atoms with van der Waals surface area (Å²) in [4.78, 5) is 11.9. The predicted molar refractivity (Wildman–Crippen MR) is 74.6 cm³/mol. The molecule has 0 aliphatic rings. The van der Waals surface area contributed by atoms with Crippen LogP contribution in [-0.2, 0) is 6.54 Å². The fourth-order valence-electron chi connectivity index (χ4n) is 1.67. The molecule has 0 saturated carbocycles. The molecule has 0 radical (unpaired) electrons. The lowest BCUT2D eigenvalue weighted by Gasteiger charge is -2.12. The maximum absolute atomic E-state index is 11.9. The van der Waals surface area contributed by atoms with Crippen molar-refractivity contribution in [3.05, 3.63) is 40.0 Å². The quantitative estimate of drug-likeness (QED) is 0.907. The Bertz CT molecular complexity index is 591. The van der Waals surface area contributed by atoms with Crippen LogP contribution in [0.3, 0.4) is 0 Å². The van der Waals surface area contributed by atoms with E-state index in [0.29, 0.717) is 18.8 Å². The molecule has 0 spiro atoms. The summed E-state index contributed by atoms with van der Waals surface area (Å²) in [5, 5.41) is 11.4. The van der Waals surface area contributed by atoms with Crippen molar-refractivity contribution in [2.75, 3.05) is 11.9 Å². The molecule has 0 aliphatic carbocycles. The van der Waals surface area contributed by atoms with Gasteiger partial charge in [-0.15, -0.1) is 0 Å². The molecule has 0 atom stereocenters. The molecule has 0 aliphatic heterocycles. The molecule has 2 rings (SSSR count). The van der Waals surface area contributed by atoms with Crippen molar-refractivity contribution in [3.8, 4) is 0 Å². The van der Waals surface area contributed by atoms with Crippen LogP contribution in [0.5, 0.6) is 0 Å². The molecule has 2 heterocycles. The van der Waals surface area contributed by atoms with E-state index < -0.39 is 0 Å². The Labute approximate surface area is 116 Å². The van der Waals surface area contributed by atoms with Crippen LogP contribution >= 0.6 is 11.6 Å². The normalized spacial score (nSPS) is 10.9. The molecule has 0 fully saturated rings. The largest absolute Gasteiger partial charge is 0.381 e. The molecule has 2 aromatic rings. The van der Waals surface area contributed by atoms with E-state index in [4.69, 9.17) is 11.6 Å². The van der Waals surface area contributed by atoms with E-state index >= 15 is 0 Å². The number of hydrogen-bond donors (Lipinski definition) is 1. The van der Waals surface area contributed by atoms with Crippen LogP contribution in [0.2, 0.25) is 5.02 Å². The van der Waals surface area contributed by atoms with E-state index in [1.54, 1.807) is 17.1 Å². The van der Waals surface area contributed by atoms with Gasteiger partial charge in [-0.1, -0.05) is 11.6 Å². The van der Waals surface area contributed by atoms with E-state index in [1.807, 2.05) is 26.1 Å². The highest BCUT2D eigenvalue weighted by molar-refractivity contribution is 6.32. The summed E-state index contributed by atoms with van der Waals surface area (Å²) in [7, 11) is 0. The summed E-state index contributed by atoms with van der Waals surface area (Å²) in [5.74, 6) is 0. The van der Waals surface area contributed by atoms with Gasteiger partial charge in [0.1, 0.15) is 5.02 Å². The van der Waals surface area contributed by atoms with E-state index in [0.717, 1.165) is 0 Å². The van der Waals surface area contributed by atoms with Gasteiger partial charge in [-0.3, -0.25) is 9.48 Å². The fraction of sp³-hybridized carbons (Fsp3) is 0.417. The topological polar surface area (TPSA) is 64.7 Å². The third-order valence-corrected chi connectivity index (χ3v) is 3.01. The lowest BCUT2D eigenvalue weighted by molar-refractivity contribution is 0.503. The molecule has 6 nitrogen and oxygen atoms in total. The van der Waals surface area contributed by atoms with Crippen molar-refractivity contribution in [2.24, 2.45) is 0 Å². The highest BCUT2D eigenvalue weighted by Gasteiger charge is 2.10. The summed E-state index contributed by atoms with van der Waals surface area (Å²) in [6.07, 6.45) is 5.17. The third kappa shape index (κ3) is 3.14. The van der Waals surface area contributed by atoms with Gasteiger partial charge in [0.25, 0.3) is 5.56 Å². The summed E-state index contributed by atoms with van der Waals surface area (Å²) >= 11 is 6.04. The van der Waals surface area contributed by atoms with Gasteiger partial charge in [0.15, 0.2) is 0 Å². The van der Waals surface area contributed by atoms with E-state index in [-0.39, 0.29) is 16.6 Å². The van der Waals surface area contributed by atoms with Crippen molar-refractivity contribution in [2.45, 2.75) is 26.4 Å². The van der Waals surface area contributed by atoms with Crippen LogP contribution in [-0.4, -0.2) is 26.1 Å². The number of anilines is 1. The summed E-state index contributed by atoms with van der Waals surface area (Å²) in [6.45, 7) is 5.08. The van der Waals surface area contributed by atoms with E-state index in [2.05, 4.69) is 15.5 Å². The lowest BCUT2D eigenvalue weighted by Crippen LogP contribution is -2.26. The van der Waals surface area contributed by atoms with Gasteiger partial charge in [0, 0.05) is 18.9 Å². The fourth-order valence-corrected chi connectivity index (χ4v) is 1.88. The molecule has 2 aromatic heterocycles. The van der Waals surface area contributed by atoms with Gasteiger partial charge in [0.05, 0.1) is 24.5 Å². The molecule has 0 unspecified atom stereocenters. The molecule has 7 heteroatoms. The van der Waals surface area contributed by atoms with Gasteiger partial charge in [-0.2, -0.15) is 10.2 Å². The van der Waals surface area contributed by atoms with Crippen LogP contribution in [0.4, 0.5) is 5.69 Å². The maximum Gasteiger partial charge on any atom is 0.287 e. The minimum absolute atomic E-state index is 0.0110. The van der Waals surface area contributed by atoms with E-state index in [9.17, 15) is 4.79 Å². The smallest absolute Gasteiger partial charge is 0.287 e. The molecule has 19 heavy (non-hydrogen) atoms. The number of rotatable bonds is 5. The average molecular weight is 282 g/mol. The first kappa shape index (κ1) is 13.6. The highest BCUT2D eigenvalue weighted by Crippen LogP contribution is 2.15. The highest BCUT2D eigenvalue weighted by atomic mass is 35.5. The second-order valence-electron chi connectivity index (χ2n) is 4.41. The second-order valence-corrected chi connectivity index (χ2v) is 4.79. The maximum atomic E-state index is 11.9. The van der Waals surface area contributed by atoms with Crippen LogP contribution in [0.1, 0.15) is 19.9 Å². The molecule has 0 amide bonds. The Hall–Kier alpha value is -1.82. The lowest BCUT2D eigenvalue weighted by atomic mass is 10.4. The van der Waals surface area contributed by atoms with Gasteiger partial charge in [0.2, 0.25) is 0 Å².